The third-order valence-electron chi connectivity index (χ3n) is 5.61. The second-order valence-electron chi connectivity index (χ2n) is 7.63. The van der Waals surface area contributed by atoms with Crippen molar-refractivity contribution in [1.82, 2.24) is 9.97 Å². The lowest BCUT2D eigenvalue weighted by atomic mass is 9.93. The van der Waals surface area contributed by atoms with Gasteiger partial charge in [0, 0.05) is 22.4 Å². The fraction of sp³-hybridized carbons (Fsp3) is 0.125. The average molecular weight is 465 g/mol. The zero-order valence-electron chi connectivity index (χ0n) is 17.8. The number of fused-ring (bicyclic) bond motifs is 2. The highest BCUT2D eigenvalue weighted by Gasteiger charge is 2.50. The lowest BCUT2D eigenvalue weighted by molar-refractivity contribution is 0.0704. The number of aromatic amines is 1. The van der Waals surface area contributed by atoms with E-state index in [1.54, 1.807) is 48.5 Å². The Kier molecular flexibility index (Phi) is 5.57. The molecule has 1 aliphatic heterocycles. The van der Waals surface area contributed by atoms with Crippen LogP contribution in [0.5, 0.6) is 0 Å². The number of H-pyrrole nitrogens is 1. The predicted octanol–water partition coefficient (Wildman–Crippen LogP) is 4.33. The summed E-state index contributed by atoms with van der Waals surface area (Å²) in [4.78, 5) is 33.6. The Hall–Kier alpha value is -3.88. The highest BCUT2D eigenvalue weighted by molar-refractivity contribution is 6.12. The Morgan fingerprint density at radius 3 is 2.67 bits per heavy atom. The molecule has 3 aromatic carbocycles. The summed E-state index contributed by atoms with van der Waals surface area (Å²) in [6, 6.07) is 19.7. The topological polar surface area (TPSA) is 108 Å². The van der Waals surface area contributed by atoms with Crippen molar-refractivity contribution in [2.24, 2.45) is 0 Å². The highest BCUT2D eigenvalue weighted by Crippen LogP contribution is 2.45. The molecule has 0 spiro atoms. The zero-order valence-corrected chi connectivity index (χ0v) is 18.6. The first-order valence-electron chi connectivity index (χ1n) is 10.00. The van der Waals surface area contributed by atoms with Gasteiger partial charge >= 0.3 is 6.09 Å². The predicted molar refractivity (Wildman–Crippen MR) is 127 cm³/mol. The number of carbonyl (C=O) groups excluding carboxylic acids is 2. The Bertz CT molecular complexity index is 1390. The number of aromatic nitrogens is 2. The molecule has 0 aliphatic carbocycles. The second kappa shape index (κ2) is 8.23. The normalized spacial score (nSPS) is 16.9. The van der Waals surface area contributed by atoms with Crippen LogP contribution in [0.3, 0.4) is 0 Å². The van der Waals surface area contributed by atoms with E-state index in [4.69, 9.17) is 0 Å². The molecular weight excluding hydrogens is 444 g/mol. The molecule has 1 aliphatic rings. The summed E-state index contributed by atoms with van der Waals surface area (Å²) in [6.45, 7) is 1.93. The van der Waals surface area contributed by atoms with Crippen molar-refractivity contribution in [2.45, 2.75) is 12.6 Å². The van der Waals surface area contributed by atoms with Crippen LogP contribution in [0.4, 0.5) is 16.4 Å². The number of nitrogens with zero attached hydrogens (tertiary/aromatic N) is 2. The van der Waals surface area contributed by atoms with Crippen LogP contribution >= 0.6 is 12.4 Å². The maximum Gasteiger partial charge on any atom is 0.413 e. The van der Waals surface area contributed by atoms with Gasteiger partial charge in [0.25, 0.3) is 5.91 Å². The summed E-state index contributed by atoms with van der Waals surface area (Å²) < 4.78 is 4.60. The van der Waals surface area contributed by atoms with Gasteiger partial charge in [0.1, 0.15) is 0 Å². The van der Waals surface area contributed by atoms with Gasteiger partial charge in [-0.1, -0.05) is 36.4 Å². The van der Waals surface area contributed by atoms with Crippen LogP contribution in [-0.4, -0.2) is 34.2 Å². The van der Waals surface area contributed by atoms with Gasteiger partial charge in [0.15, 0.2) is 5.72 Å². The number of methoxy groups -OCH3 is 1. The quantitative estimate of drug-likeness (QED) is 0.418. The highest BCUT2D eigenvalue weighted by atomic mass is 35.5. The number of nitrogens with one attached hydrogen (secondary N) is 2. The Labute approximate surface area is 195 Å². The molecule has 1 aromatic heterocycles. The Balaban J connectivity index is 0.00000259. The van der Waals surface area contributed by atoms with E-state index < -0.39 is 11.8 Å². The Morgan fingerprint density at radius 1 is 1.12 bits per heavy atom. The van der Waals surface area contributed by atoms with E-state index in [0.717, 1.165) is 5.56 Å². The number of carbonyl (C=O) groups is 2. The molecule has 3 N–H and O–H groups in total. The summed E-state index contributed by atoms with van der Waals surface area (Å²) >= 11 is 0. The van der Waals surface area contributed by atoms with Gasteiger partial charge in [-0.15, -0.1) is 12.4 Å². The van der Waals surface area contributed by atoms with E-state index in [-0.39, 0.29) is 24.3 Å². The van der Waals surface area contributed by atoms with Crippen LogP contribution in [0.25, 0.3) is 11.0 Å². The standard InChI is InChI=1S/C24H20N4O4.ClH/c1-14-6-5-7-16(12-14)28-21(29)17-8-3-4-9-18(17)24(28,31)15-10-11-19-20(13-15)26-22(25-19)27-23(30)32-2;/h3-13,31H,1-2H3,(H2,25,26,27,30);1H. The number of aliphatic hydroxyl groups is 1. The minimum absolute atomic E-state index is 0. The maximum absolute atomic E-state index is 13.4. The lowest BCUT2D eigenvalue weighted by Gasteiger charge is -2.35. The molecular formula is C24H21ClN4O4. The van der Waals surface area contributed by atoms with Gasteiger partial charge in [-0.3, -0.25) is 15.0 Å². The molecule has 4 aromatic rings. The minimum Gasteiger partial charge on any atom is -0.453 e. The molecule has 0 saturated heterocycles. The van der Waals surface area contributed by atoms with Crippen molar-refractivity contribution in [3.8, 4) is 0 Å². The van der Waals surface area contributed by atoms with Gasteiger partial charge in [0.2, 0.25) is 5.95 Å². The molecule has 0 bridgehead atoms. The van der Waals surface area contributed by atoms with Crippen LogP contribution < -0.4 is 10.2 Å². The maximum atomic E-state index is 13.4. The number of aryl methyl sites for hydroxylation is 1. The molecule has 0 fully saturated rings. The summed E-state index contributed by atoms with van der Waals surface area (Å²) in [5, 5.41) is 14.6. The van der Waals surface area contributed by atoms with Crippen molar-refractivity contribution in [2.75, 3.05) is 17.3 Å². The van der Waals surface area contributed by atoms with Crippen LogP contribution in [0, 0.1) is 6.92 Å². The van der Waals surface area contributed by atoms with E-state index in [1.165, 1.54) is 12.0 Å². The van der Waals surface area contributed by atoms with Crippen molar-refractivity contribution in [1.29, 1.82) is 0 Å². The SMILES string of the molecule is COC(=O)Nc1nc2ccc(C3(O)c4ccccc4C(=O)N3c3cccc(C)c3)cc2[nH]1.Cl. The molecule has 1 unspecified atom stereocenters. The largest absolute Gasteiger partial charge is 0.453 e. The van der Waals surface area contributed by atoms with E-state index in [9.17, 15) is 14.7 Å². The van der Waals surface area contributed by atoms with Gasteiger partial charge in [-0.25, -0.2) is 9.78 Å². The van der Waals surface area contributed by atoms with E-state index in [2.05, 4.69) is 20.0 Å². The fourth-order valence-corrected chi connectivity index (χ4v) is 4.15. The van der Waals surface area contributed by atoms with Gasteiger partial charge < -0.3 is 14.8 Å². The number of rotatable bonds is 3. The van der Waals surface area contributed by atoms with Crippen molar-refractivity contribution >= 4 is 47.1 Å². The number of imidazole rings is 1. The number of hydrogen-bond donors (Lipinski definition) is 3. The number of anilines is 2. The van der Waals surface area contributed by atoms with E-state index in [0.29, 0.717) is 33.4 Å². The number of ether oxygens (including phenoxy) is 1. The monoisotopic (exact) mass is 464 g/mol. The van der Waals surface area contributed by atoms with Crippen LogP contribution in [0.2, 0.25) is 0 Å². The fourth-order valence-electron chi connectivity index (χ4n) is 4.15. The van der Waals surface area contributed by atoms with E-state index >= 15 is 0 Å². The van der Waals surface area contributed by atoms with Crippen molar-refractivity contribution in [3.63, 3.8) is 0 Å². The lowest BCUT2D eigenvalue weighted by Crippen LogP contribution is -2.45. The first-order valence-corrected chi connectivity index (χ1v) is 10.00. The molecule has 5 rings (SSSR count). The molecule has 2 amide bonds. The molecule has 168 valence electrons. The van der Waals surface area contributed by atoms with Gasteiger partial charge in [-0.05, 0) is 42.8 Å². The third-order valence-corrected chi connectivity index (χ3v) is 5.61. The number of benzene rings is 3. The van der Waals surface area contributed by atoms with Crippen LogP contribution in [0.15, 0.2) is 66.7 Å². The first kappa shape index (κ1) is 22.3. The smallest absolute Gasteiger partial charge is 0.413 e. The summed E-state index contributed by atoms with van der Waals surface area (Å²) in [7, 11) is 1.26. The van der Waals surface area contributed by atoms with Gasteiger partial charge in [-0.2, -0.15) is 0 Å². The van der Waals surface area contributed by atoms with Crippen molar-refractivity contribution < 1.29 is 19.4 Å². The van der Waals surface area contributed by atoms with Crippen molar-refractivity contribution in [3.05, 3.63) is 89.0 Å². The molecule has 0 radical (unpaired) electrons. The molecule has 2 heterocycles. The van der Waals surface area contributed by atoms with Crippen LogP contribution in [-0.2, 0) is 10.5 Å². The number of halogens is 1. The van der Waals surface area contributed by atoms with E-state index in [1.807, 2.05) is 25.1 Å². The average Bonchev–Trinajstić information content (AvgIpc) is 3.29. The van der Waals surface area contributed by atoms with Crippen LogP contribution in [0.1, 0.15) is 27.0 Å². The second-order valence-corrected chi connectivity index (χ2v) is 7.63. The number of amides is 2. The summed E-state index contributed by atoms with van der Waals surface area (Å²) in [5.74, 6) is -0.0686. The zero-order chi connectivity index (χ0) is 22.5. The molecule has 9 heteroatoms. The Morgan fingerprint density at radius 2 is 1.91 bits per heavy atom. The third kappa shape index (κ3) is 3.49. The van der Waals surface area contributed by atoms with Gasteiger partial charge in [0.05, 0.1) is 18.1 Å². The number of hydrogen-bond acceptors (Lipinski definition) is 5. The molecule has 0 saturated carbocycles. The first-order chi connectivity index (χ1) is 15.4. The molecule has 33 heavy (non-hydrogen) atoms. The molecule has 8 nitrogen and oxygen atoms in total. The summed E-state index contributed by atoms with van der Waals surface area (Å²) in [5.41, 5.74) is 2.43. The summed E-state index contributed by atoms with van der Waals surface area (Å²) in [6.07, 6.45) is -0.649. The minimum atomic E-state index is -1.73. The molecule has 1 atom stereocenters.